The first-order valence-electron chi connectivity index (χ1n) is 4.82. The first-order valence-corrected chi connectivity index (χ1v) is 5.70. The van der Waals surface area contributed by atoms with E-state index >= 15 is 0 Å². The average molecular weight is 259 g/mol. The van der Waals surface area contributed by atoms with Crippen LogP contribution in [0, 0.1) is 6.92 Å². The van der Waals surface area contributed by atoms with Crippen molar-refractivity contribution in [3.05, 3.63) is 16.1 Å². The Bertz CT molecular complexity index is 407. The van der Waals surface area contributed by atoms with Gasteiger partial charge in [-0.2, -0.15) is 0 Å². The lowest BCUT2D eigenvalue weighted by Crippen LogP contribution is -2.41. The van der Waals surface area contributed by atoms with Crippen molar-refractivity contribution in [2.45, 2.75) is 19.6 Å². The van der Waals surface area contributed by atoms with Crippen LogP contribution in [0.15, 0.2) is 5.38 Å². The minimum Gasteiger partial charge on any atom is -0.479 e. The molecular formula is C9H13N3O4S. The average Bonchev–Trinajstić information content (AvgIpc) is 2.69. The molecule has 0 unspecified atom stereocenters. The number of urea groups is 1. The van der Waals surface area contributed by atoms with E-state index in [1.807, 2.05) is 12.3 Å². The molecule has 0 aliphatic carbocycles. The van der Waals surface area contributed by atoms with Crippen LogP contribution in [0.3, 0.4) is 0 Å². The molecule has 1 aromatic heterocycles. The maximum Gasteiger partial charge on any atom is 0.334 e. The number of rotatable bonds is 5. The van der Waals surface area contributed by atoms with Gasteiger partial charge in [0, 0.05) is 5.38 Å². The van der Waals surface area contributed by atoms with Gasteiger partial charge in [0.15, 0.2) is 6.10 Å². The lowest BCUT2D eigenvalue weighted by atomic mass is 10.3. The molecule has 0 spiro atoms. The number of carbonyl (C=O) groups is 2. The van der Waals surface area contributed by atoms with Crippen LogP contribution in [0.1, 0.15) is 10.7 Å². The molecule has 0 fully saturated rings. The number of aliphatic hydroxyl groups is 1. The summed E-state index contributed by atoms with van der Waals surface area (Å²) in [4.78, 5) is 25.6. The van der Waals surface area contributed by atoms with Crippen molar-refractivity contribution >= 4 is 23.3 Å². The topological polar surface area (TPSA) is 112 Å². The van der Waals surface area contributed by atoms with Crippen molar-refractivity contribution in [2.24, 2.45) is 0 Å². The molecule has 1 aromatic rings. The highest BCUT2D eigenvalue weighted by molar-refractivity contribution is 7.09. The highest BCUT2D eigenvalue weighted by Crippen LogP contribution is 2.06. The molecule has 1 heterocycles. The minimum atomic E-state index is -1.60. The van der Waals surface area contributed by atoms with Gasteiger partial charge in [-0.1, -0.05) is 0 Å². The van der Waals surface area contributed by atoms with Gasteiger partial charge >= 0.3 is 12.0 Å². The van der Waals surface area contributed by atoms with Crippen LogP contribution in [0.5, 0.6) is 0 Å². The second-order valence-electron chi connectivity index (χ2n) is 3.28. The molecule has 4 N–H and O–H groups in total. The quantitative estimate of drug-likeness (QED) is 0.580. The highest BCUT2D eigenvalue weighted by Gasteiger charge is 2.13. The standard InChI is InChI=1S/C9H13N3O4S/c1-5-12-6(4-17-5)2-10-9(16)11-3-7(13)8(14)15/h4,7,13H,2-3H2,1H3,(H,14,15)(H2,10,11,16)/t7-/m0/s1. The number of aliphatic carboxylic acids is 1. The van der Waals surface area contributed by atoms with Crippen molar-refractivity contribution in [1.82, 2.24) is 15.6 Å². The van der Waals surface area contributed by atoms with Gasteiger partial charge in [-0.25, -0.2) is 14.6 Å². The molecule has 0 saturated heterocycles. The van der Waals surface area contributed by atoms with Crippen LogP contribution < -0.4 is 10.6 Å². The van der Waals surface area contributed by atoms with E-state index < -0.39 is 18.1 Å². The van der Waals surface area contributed by atoms with Gasteiger partial charge in [-0.3, -0.25) is 0 Å². The summed E-state index contributed by atoms with van der Waals surface area (Å²) in [6.07, 6.45) is -1.60. The first-order chi connectivity index (χ1) is 7.99. The summed E-state index contributed by atoms with van der Waals surface area (Å²) >= 11 is 1.48. The molecule has 1 atom stereocenters. The number of aromatic nitrogens is 1. The van der Waals surface area contributed by atoms with Crippen LogP contribution in [0.4, 0.5) is 4.79 Å². The predicted octanol–water partition coefficient (Wildman–Crippen LogP) is -0.304. The van der Waals surface area contributed by atoms with Crippen LogP contribution >= 0.6 is 11.3 Å². The number of thiazole rings is 1. The number of carboxylic acids is 1. The number of nitrogens with zero attached hydrogens (tertiary/aromatic N) is 1. The Labute approximate surface area is 101 Å². The third-order valence-corrected chi connectivity index (χ3v) is 2.66. The number of carbonyl (C=O) groups excluding carboxylic acids is 1. The van der Waals surface area contributed by atoms with Gasteiger partial charge in [-0.15, -0.1) is 11.3 Å². The molecule has 0 saturated carbocycles. The fourth-order valence-electron chi connectivity index (χ4n) is 0.999. The maximum absolute atomic E-state index is 11.2. The summed E-state index contributed by atoms with van der Waals surface area (Å²) < 4.78 is 0. The van der Waals surface area contributed by atoms with E-state index in [0.717, 1.165) is 10.7 Å². The van der Waals surface area contributed by atoms with Crippen molar-refractivity contribution in [3.63, 3.8) is 0 Å². The number of hydrogen-bond donors (Lipinski definition) is 4. The number of aryl methyl sites for hydroxylation is 1. The van der Waals surface area contributed by atoms with Gasteiger partial charge in [0.1, 0.15) is 0 Å². The summed E-state index contributed by atoms with van der Waals surface area (Å²) in [6.45, 7) is 1.79. The van der Waals surface area contributed by atoms with E-state index in [1.54, 1.807) is 0 Å². The summed E-state index contributed by atoms with van der Waals surface area (Å²) in [5.74, 6) is -1.37. The number of hydrogen-bond acceptors (Lipinski definition) is 5. The number of carboxylic acid groups (broad SMARTS) is 1. The lowest BCUT2D eigenvalue weighted by molar-refractivity contribution is -0.146. The predicted molar refractivity (Wildman–Crippen MR) is 60.7 cm³/mol. The van der Waals surface area contributed by atoms with Crippen molar-refractivity contribution in [2.75, 3.05) is 6.54 Å². The summed E-state index contributed by atoms with van der Waals surface area (Å²) in [5.41, 5.74) is 0.737. The van der Waals surface area contributed by atoms with E-state index in [2.05, 4.69) is 15.6 Å². The fourth-order valence-corrected chi connectivity index (χ4v) is 1.61. The van der Waals surface area contributed by atoms with E-state index in [9.17, 15) is 9.59 Å². The largest absolute Gasteiger partial charge is 0.479 e. The molecule has 94 valence electrons. The molecule has 2 amide bonds. The second-order valence-corrected chi connectivity index (χ2v) is 4.34. The second kappa shape index (κ2) is 6.16. The van der Waals surface area contributed by atoms with Gasteiger partial charge in [-0.05, 0) is 6.92 Å². The van der Waals surface area contributed by atoms with E-state index in [0.29, 0.717) is 0 Å². The third kappa shape index (κ3) is 4.79. The van der Waals surface area contributed by atoms with Crippen molar-refractivity contribution in [1.29, 1.82) is 0 Å². The van der Waals surface area contributed by atoms with Crippen LogP contribution in [0.25, 0.3) is 0 Å². The van der Waals surface area contributed by atoms with E-state index in [4.69, 9.17) is 10.2 Å². The molecule has 0 aliphatic rings. The molecule has 7 nitrogen and oxygen atoms in total. The zero-order valence-electron chi connectivity index (χ0n) is 9.14. The van der Waals surface area contributed by atoms with E-state index in [-0.39, 0.29) is 13.1 Å². The normalized spacial score (nSPS) is 11.9. The summed E-state index contributed by atoms with van der Waals surface area (Å²) in [7, 11) is 0. The van der Waals surface area contributed by atoms with Gasteiger partial charge < -0.3 is 20.8 Å². The Morgan fingerprint density at radius 2 is 2.24 bits per heavy atom. The Hall–Kier alpha value is -1.67. The zero-order valence-corrected chi connectivity index (χ0v) is 9.95. The van der Waals surface area contributed by atoms with Gasteiger partial charge in [0.2, 0.25) is 0 Å². The summed E-state index contributed by atoms with van der Waals surface area (Å²) in [5, 5.41) is 24.7. The van der Waals surface area contributed by atoms with E-state index in [1.165, 1.54) is 11.3 Å². The summed E-state index contributed by atoms with van der Waals surface area (Å²) in [6, 6.07) is -0.545. The number of amides is 2. The molecule has 17 heavy (non-hydrogen) atoms. The van der Waals surface area contributed by atoms with Crippen molar-refractivity contribution in [3.8, 4) is 0 Å². The molecule has 1 rings (SSSR count). The monoisotopic (exact) mass is 259 g/mol. The van der Waals surface area contributed by atoms with Gasteiger partial charge in [0.05, 0.1) is 23.8 Å². The fraction of sp³-hybridized carbons (Fsp3) is 0.444. The van der Waals surface area contributed by atoms with Crippen molar-refractivity contribution < 1.29 is 19.8 Å². The lowest BCUT2D eigenvalue weighted by Gasteiger charge is -2.08. The number of nitrogens with one attached hydrogen (secondary N) is 2. The molecule has 0 aromatic carbocycles. The Morgan fingerprint density at radius 1 is 1.53 bits per heavy atom. The Kier molecular flexibility index (Phi) is 4.85. The third-order valence-electron chi connectivity index (χ3n) is 1.84. The molecule has 0 bridgehead atoms. The number of aliphatic hydroxyl groups excluding tert-OH is 1. The maximum atomic E-state index is 11.2. The molecule has 0 radical (unpaired) electrons. The van der Waals surface area contributed by atoms with Crippen LogP contribution in [-0.4, -0.2) is 39.8 Å². The first kappa shape index (κ1) is 13.4. The van der Waals surface area contributed by atoms with Gasteiger partial charge in [0.25, 0.3) is 0 Å². The highest BCUT2D eigenvalue weighted by atomic mass is 32.1. The Balaban J connectivity index is 2.24. The Morgan fingerprint density at radius 3 is 2.76 bits per heavy atom. The van der Waals surface area contributed by atoms with Crippen LogP contribution in [-0.2, 0) is 11.3 Å². The van der Waals surface area contributed by atoms with Crippen LogP contribution in [0.2, 0.25) is 0 Å². The minimum absolute atomic E-state index is 0.263. The molecule has 0 aliphatic heterocycles. The smallest absolute Gasteiger partial charge is 0.334 e. The SMILES string of the molecule is Cc1nc(CNC(=O)NC[C@H](O)C(=O)O)cs1. The zero-order chi connectivity index (χ0) is 12.8. The molecular weight excluding hydrogens is 246 g/mol. The molecule has 8 heteroatoms.